The minimum Gasteiger partial charge on any atom is -0.270 e. The van der Waals surface area contributed by atoms with Gasteiger partial charge in [-0.25, -0.2) is 13.9 Å². The molecule has 23 heavy (non-hydrogen) atoms. The number of carbonyl (C=O) groups is 2. The quantitative estimate of drug-likeness (QED) is 0.778. The maximum atomic E-state index is 12.6. The molecule has 0 spiro atoms. The number of urea groups is 1. The van der Waals surface area contributed by atoms with Gasteiger partial charge in [-0.2, -0.15) is 0 Å². The third-order valence-electron chi connectivity index (χ3n) is 4.46. The van der Waals surface area contributed by atoms with Crippen LogP contribution in [0.15, 0.2) is 11.2 Å². The lowest BCUT2D eigenvalue weighted by Crippen LogP contribution is -2.61. The zero-order valence-electron chi connectivity index (χ0n) is 14.6. The zero-order valence-corrected chi connectivity index (χ0v) is 14.6. The predicted molar refractivity (Wildman–Crippen MR) is 85.7 cm³/mol. The summed E-state index contributed by atoms with van der Waals surface area (Å²) in [6, 6.07) is -0.884. The number of hydrogen-bond acceptors (Lipinski definition) is 3. The highest BCUT2D eigenvalue weighted by Crippen LogP contribution is 2.32. The van der Waals surface area contributed by atoms with Crippen molar-refractivity contribution in [2.24, 2.45) is 4.99 Å². The number of aromatic nitrogens is 2. The van der Waals surface area contributed by atoms with E-state index < -0.39 is 6.04 Å². The number of amides is 3. The Kier molecular flexibility index (Phi) is 3.35. The Bertz CT molecular complexity index is 726. The van der Waals surface area contributed by atoms with Crippen LogP contribution in [0.1, 0.15) is 45.9 Å². The number of rotatable bonds is 2. The van der Waals surface area contributed by atoms with Crippen molar-refractivity contribution in [3.63, 3.8) is 0 Å². The SMILES string of the molecule is CCCn1c(C(C)(C)C)c[n+]2c1N=C1C2C(=O)N(C)C(=O)N1C. The lowest BCUT2D eigenvalue weighted by atomic mass is 9.92. The van der Waals surface area contributed by atoms with E-state index in [0.717, 1.165) is 24.6 Å². The first-order valence-corrected chi connectivity index (χ1v) is 7.97. The molecule has 124 valence electrons. The molecule has 0 aliphatic carbocycles. The van der Waals surface area contributed by atoms with Gasteiger partial charge < -0.3 is 0 Å². The standard InChI is InChI=1S/C16H24N5O2/c1-7-8-20-10(16(2,3)4)9-21-11-12(17-14(20)21)18(5)15(23)19(6)13(11)22/h9,11H,7-8H2,1-6H3/q+1. The van der Waals surface area contributed by atoms with Crippen molar-refractivity contribution in [3.05, 3.63) is 11.9 Å². The average molecular weight is 318 g/mol. The molecule has 0 radical (unpaired) electrons. The molecule has 2 aliphatic heterocycles. The van der Waals surface area contributed by atoms with Crippen molar-refractivity contribution in [1.82, 2.24) is 14.4 Å². The fraction of sp³-hybridized carbons (Fsp3) is 0.625. The Hall–Kier alpha value is -2.18. The highest BCUT2D eigenvalue weighted by atomic mass is 16.2. The second-order valence-corrected chi connectivity index (χ2v) is 7.23. The number of carbonyl (C=O) groups excluding carboxylic acids is 2. The maximum Gasteiger partial charge on any atom is 0.401 e. The molecular formula is C16H24N5O2+. The highest BCUT2D eigenvalue weighted by molar-refractivity contribution is 6.18. The van der Waals surface area contributed by atoms with E-state index >= 15 is 0 Å². The molecule has 7 heteroatoms. The molecule has 1 aromatic heterocycles. The molecule has 0 aromatic carbocycles. The number of hydrogen-bond donors (Lipinski definition) is 0. The topological polar surface area (TPSA) is 61.8 Å². The maximum absolute atomic E-state index is 12.6. The van der Waals surface area contributed by atoms with Crippen molar-refractivity contribution in [3.8, 4) is 0 Å². The minimum absolute atomic E-state index is 0.0481. The van der Waals surface area contributed by atoms with E-state index in [1.165, 1.54) is 16.8 Å². The molecule has 1 fully saturated rings. The monoisotopic (exact) mass is 318 g/mol. The molecule has 0 saturated carbocycles. The number of imidazole rings is 1. The van der Waals surface area contributed by atoms with Gasteiger partial charge in [-0.1, -0.05) is 32.7 Å². The Balaban J connectivity index is 2.19. The van der Waals surface area contributed by atoms with Crippen LogP contribution in [0, 0.1) is 0 Å². The number of fused-ring (bicyclic) bond motifs is 3. The molecule has 2 aliphatic rings. The Morgan fingerprint density at radius 3 is 2.43 bits per heavy atom. The van der Waals surface area contributed by atoms with E-state index in [9.17, 15) is 9.59 Å². The van der Waals surface area contributed by atoms with Gasteiger partial charge in [-0.3, -0.25) is 14.6 Å². The molecular weight excluding hydrogens is 294 g/mol. The van der Waals surface area contributed by atoms with Crippen molar-refractivity contribution in [1.29, 1.82) is 0 Å². The number of likely N-dealkylation sites (N-methyl/N-ethyl adjacent to an activating group) is 2. The lowest BCUT2D eigenvalue weighted by molar-refractivity contribution is -0.677. The number of aliphatic imine (C=N–C) groups is 1. The van der Waals surface area contributed by atoms with Crippen LogP contribution in [0.4, 0.5) is 10.7 Å². The lowest BCUT2D eigenvalue weighted by Gasteiger charge is -2.30. The van der Waals surface area contributed by atoms with E-state index in [0.29, 0.717) is 5.84 Å². The van der Waals surface area contributed by atoms with E-state index in [1.54, 1.807) is 7.05 Å². The van der Waals surface area contributed by atoms with E-state index in [2.05, 4.69) is 37.3 Å². The van der Waals surface area contributed by atoms with Gasteiger partial charge in [0.25, 0.3) is 5.91 Å². The van der Waals surface area contributed by atoms with Crippen molar-refractivity contribution < 1.29 is 14.2 Å². The Labute approximate surface area is 136 Å². The molecule has 0 N–H and O–H groups in total. The van der Waals surface area contributed by atoms with Crippen molar-refractivity contribution in [2.75, 3.05) is 14.1 Å². The van der Waals surface area contributed by atoms with Crippen molar-refractivity contribution >= 4 is 23.7 Å². The zero-order chi connectivity index (χ0) is 17.1. The van der Waals surface area contributed by atoms with Crippen LogP contribution in [0.25, 0.3) is 0 Å². The smallest absolute Gasteiger partial charge is 0.270 e. The largest absolute Gasteiger partial charge is 0.401 e. The van der Waals surface area contributed by atoms with E-state index in [1.807, 2.05) is 10.8 Å². The summed E-state index contributed by atoms with van der Waals surface area (Å²) in [4.78, 5) is 32.0. The van der Waals surface area contributed by atoms with Gasteiger partial charge in [0, 0.05) is 19.5 Å². The van der Waals surface area contributed by atoms with Crippen LogP contribution < -0.4 is 4.57 Å². The van der Waals surface area contributed by atoms with Crippen LogP contribution in [0.3, 0.4) is 0 Å². The minimum atomic E-state index is -0.545. The summed E-state index contributed by atoms with van der Waals surface area (Å²) in [7, 11) is 3.18. The van der Waals surface area contributed by atoms with Gasteiger partial charge in [0.2, 0.25) is 11.9 Å². The van der Waals surface area contributed by atoms with E-state index in [4.69, 9.17) is 0 Å². The first-order chi connectivity index (χ1) is 10.7. The summed E-state index contributed by atoms with van der Waals surface area (Å²) < 4.78 is 4.07. The molecule has 1 saturated heterocycles. The predicted octanol–water partition coefficient (Wildman–Crippen LogP) is 1.59. The van der Waals surface area contributed by atoms with Gasteiger partial charge in [0.1, 0.15) is 11.9 Å². The summed E-state index contributed by atoms with van der Waals surface area (Å²) in [5.74, 6) is 1.03. The number of nitrogens with zero attached hydrogens (tertiary/aromatic N) is 5. The van der Waals surface area contributed by atoms with Crippen LogP contribution in [-0.2, 0) is 16.8 Å². The van der Waals surface area contributed by atoms with Gasteiger partial charge in [-0.05, 0) is 6.42 Å². The molecule has 0 bridgehead atoms. The third kappa shape index (κ3) is 2.09. The molecule has 1 atom stereocenters. The molecule has 1 aromatic rings. The molecule has 1 unspecified atom stereocenters. The Morgan fingerprint density at radius 1 is 1.22 bits per heavy atom. The number of imide groups is 1. The average Bonchev–Trinajstić information content (AvgIpc) is 3.00. The van der Waals surface area contributed by atoms with E-state index in [-0.39, 0.29) is 17.4 Å². The van der Waals surface area contributed by atoms with Gasteiger partial charge in [-0.15, -0.1) is 0 Å². The fourth-order valence-corrected chi connectivity index (χ4v) is 3.23. The van der Waals surface area contributed by atoms with Gasteiger partial charge >= 0.3 is 12.0 Å². The van der Waals surface area contributed by atoms with Gasteiger partial charge in [0.15, 0.2) is 0 Å². The first kappa shape index (κ1) is 15.7. The second-order valence-electron chi connectivity index (χ2n) is 7.23. The molecule has 3 amide bonds. The molecule has 7 nitrogen and oxygen atoms in total. The van der Waals surface area contributed by atoms with Crippen LogP contribution in [0.5, 0.6) is 0 Å². The normalized spacial score (nSPS) is 20.8. The number of amidine groups is 1. The first-order valence-electron chi connectivity index (χ1n) is 7.97. The molecule has 3 rings (SSSR count). The second kappa shape index (κ2) is 4.91. The Morgan fingerprint density at radius 2 is 1.87 bits per heavy atom. The fourth-order valence-electron chi connectivity index (χ4n) is 3.23. The highest BCUT2D eigenvalue weighted by Gasteiger charge is 2.52. The van der Waals surface area contributed by atoms with Crippen LogP contribution in [0.2, 0.25) is 0 Å². The summed E-state index contributed by atoms with van der Waals surface area (Å²) in [5.41, 5.74) is 1.10. The summed E-state index contributed by atoms with van der Waals surface area (Å²) in [6.07, 6.45) is 2.99. The van der Waals surface area contributed by atoms with Crippen LogP contribution in [-0.4, -0.2) is 46.2 Å². The van der Waals surface area contributed by atoms with Gasteiger partial charge in [0.05, 0.1) is 6.54 Å². The summed E-state index contributed by atoms with van der Waals surface area (Å²) in [6.45, 7) is 9.41. The third-order valence-corrected chi connectivity index (χ3v) is 4.46. The summed E-state index contributed by atoms with van der Waals surface area (Å²) >= 11 is 0. The van der Waals surface area contributed by atoms with Crippen molar-refractivity contribution in [2.45, 2.75) is 52.1 Å². The molecule has 3 heterocycles. The summed E-state index contributed by atoms with van der Waals surface area (Å²) in [5, 5.41) is 0. The van der Waals surface area contributed by atoms with Crippen LogP contribution >= 0.6 is 0 Å².